The fourth-order valence-electron chi connectivity index (χ4n) is 3.44. The maximum atomic E-state index is 13.1. The van der Waals surface area contributed by atoms with Gasteiger partial charge >= 0.3 is 0 Å². The third-order valence-electron chi connectivity index (χ3n) is 4.85. The second-order valence-corrected chi connectivity index (χ2v) is 8.65. The molecule has 0 fully saturated rings. The number of halogens is 2. The van der Waals surface area contributed by atoms with E-state index in [0.717, 1.165) is 16.7 Å². The second-order valence-electron chi connectivity index (χ2n) is 7.83. The van der Waals surface area contributed by atoms with Gasteiger partial charge in [-0.3, -0.25) is 4.79 Å². The van der Waals surface area contributed by atoms with Crippen molar-refractivity contribution in [2.24, 2.45) is 0 Å². The Morgan fingerprint density at radius 3 is 2.11 bits per heavy atom. The quantitative estimate of drug-likeness (QED) is 0.629. The molecule has 1 heterocycles. The summed E-state index contributed by atoms with van der Waals surface area (Å²) in [5.41, 5.74) is 1.65. The zero-order valence-corrected chi connectivity index (χ0v) is 17.5. The number of hydrogen-bond donors (Lipinski definition) is 1. The molecule has 0 bridgehead atoms. The molecule has 5 heteroatoms. The number of benzene rings is 2. The van der Waals surface area contributed by atoms with E-state index in [9.17, 15) is 9.90 Å². The molecule has 0 spiro atoms. The number of carbonyl (C=O) groups excluding carboxylic acids is 1. The average Bonchev–Trinajstić information content (AvgIpc) is 2.57. The maximum Gasteiger partial charge on any atom is 0.198 e. The first-order valence-electron chi connectivity index (χ1n) is 8.69. The molecule has 0 radical (unpaired) electrons. The number of aliphatic hydroxyl groups excluding tert-OH is 1. The van der Waals surface area contributed by atoms with Crippen molar-refractivity contribution in [2.75, 3.05) is 0 Å². The van der Waals surface area contributed by atoms with Crippen molar-refractivity contribution in [2.45, 2.75) is 45.8 Å². The van der Waals surface area contributed by atoms with E-state index >= 15 is 0 Å². The van der Waals surface area contributed by atoms with E-state index in [0.29, 0.717) is 21.2 Å². The number of carbonyl (C=O) groups is 1. The van der Waals surface area contributed by atoms with Crippen molar-refractivity contribution in [3.05, 3.63) is 63.3 Å². The van der Waals surface area contributed by atoms with E-state index in [2.05, 4.69) is 0 Å². The number of Topliss-reactive ketones (excluding diaryl/α,β-unsaturated/α-hetero) is 1. The predicted octanol–water partition coefficient (Wildman–Crippen LogP) is 6.39. The first kappa shape index (κ1) is 19.9. The van der Waals surface area contributed by atoms with Crippen LogP contribution in [0.1, 0.15) is 38.8 Å². The summed E-state index contributed by atoms with van der Waals surface area (Å²) in [6.45, 7) is 8.88. The Hall–Kier alpha value is -1.81. The van der Waals surface area contributed by atoms with Crippen LogP contribution in [0.15, 0.2) is 42.2 Å². The first-order chi connectivity index (χ1) is 12.4. The molecule has 142 valence electrons. The van der Waals surface area contributed by atoms with Gasteiger partial charge in [0.1, 0.15) is 17.0 Å². The largest absolute Gasteiger partial charge is 0.508 e. The van der Waals surface area contributed by atoms with Gasteiger partial charge in [-0.15, -0.1) is 0 Å². The second kappa shape index (κ2) is 6.66. The molecule has 0 aliphatic carbocycles. The Bertz CT molecular complexity index is 972. The molecule has 0 amide bonds. The SMILES string of the molecule is Cc1ccc(-c2ccc(Cl)c(Cl)c2)cc1C1=C(O)C(C)(C)OC(C)(C)C1=O. The van der Waals surface area contributed by atoms with Crippen LogP contribution in [0.5, 0.6) is 0 Å². The molecule has 27 heavy (non-hydrogen) atoms. The molecule has 0 atom stereocenters. The van der Waals surface area contributed by atoms with Gasteiger partial charge in [-0.1, -0.05) is 41.4 Å². The van der Waals surface area contributed by atoms with E-state index in [1.165, 1.54) is 0 Å². The Morgan fingerprint density at radius 1 is 0.889 bits per heavy atom. The van der Waals surface area contributed by atoms with Crippen molar-refractivity contribution in [3.8, 4) is 11.1 Å². The Labute approximate surface area is 169 Å². The molecule has 0 aromatic heterocycles. The molecular formula is C22H22Cl2O3. The molecule has 2 aromatic rings. The van der Waals surface area contributed by atoms with Gasteiger partial charge in [-0.05, 0) is 75.1 Å². The third-order valence-corrected chi connectivity index (χ3v) is 5.59. The summed E-state index contributed by atoms with van der Waals surface area (Å²) in [7, 11) is 0. The van der Waals surface area contributed by atoms with Gasteiger partial charge in [-0.25, -0.2) is 0 Å². The molecule has 1 aliphatic rings. The average molecular weight is 405 g/mol. The van der Waals surface area contributed by atoms with Crippen LogP contribution in [0.2, 0.25) is 10.0 Å². The molecule has 1 N–H and O–H groups in total. The Morgan fingerprint density at radius 2 is 1.48 bits per heavy atom. The minimum absolute atomic E-state index is 0.0544. The zero-order valence-electron chi connectivity index (χ0n) is 16.0. The van der Waals surface area contributed by atoms with Gasteiger partial charge in [0.25, 0.3) is 0 Å². The molecule has 1 aliphatic heterocycles. The summed E-state index contributed by atoms with van der Waals surface area (Å²) in [5.74, 6) is -0.296. The number of ether oxygens (including phenoxy) is 1. The van der Waals surface area contributed by atoms with Crippen LogP contribution in [-0.4, -0.2) is 22.1 Å². The van der Waals surface area contributed by atoms with Crippen LogP contribution < -0.4 is 0 Å². The van der Waals surface area contributed by atoms with E-state index in [-0.39, 0.29) is 11.5 Å². The Kier molecular flexibility index (Phi) is 4.92. The smallest absolute Gasteiger partial charge is 0.198 e. The van der Waals surface area contributed by atoms with Gasteiger partial charge in [-0.2, -0.15) is 0 Å². The molecule has 0 saturated heterocycles. The molecule has 0 saturated carbocycles. The molecular weight excluding hydrogens is 383 g/mol. The van der Waals surface area contributed by atoms with Crippen molar-refractivity contribution < 1.29 is 14.6 Å². The first-order valence-corrected chi connectivity index (χ1v) is 9.45. The monoisotopic (exact) mass is 404 g/mol. The van der Waals surface area contributed by atoms with Gasteiger partial charge in [0.15, 0.2) is 5.78 Å². The lowest BCUT2D eigenvalue weighted by Crippen LogP contribution is -2.49. The molecule has 3 rings (SSSR count). The van der Waals surface area contributed by atoms with Crippen molar-refractivity contribution in [1.29, 1.82) is 0 Å². The standard InChI is InChI=1S/C22H22Cl2O3/c1-12-6-7-13(14-8-9-16(23)17(24)11-14)10-15(12)18-19(25)21(2,3)27-22(4,5)20(18)26/h6-11,25H,1-5H3. The highest BCUT2D eigenvalue weighted by molar-refractivity contribution is 6.42. The summed E-state index contributed by atoms with van der Waals surface area (Å²) >= 11 is 12.2. The van der Waals surface area contributed by atoms with Gasteiger partial charge in [0.2, 0.25) is 0 Å². The summed E-state index contributed by atoms with van der Waals surface area (Å²) < 4.78 is 5.83. The normalized spacial score (nSPS) is 18.7. The number of ketones is 1. The van der Waals surface area contributed by atoms with Crippen LogP contribution in [0.25, 0.3) is 16.7 Å². The summed E-state index contributed by atoms with van der Waals surface area (Å²) in [6, 6.07) is 11.2. The molecule has 3 nitrogen and oxygen atoms in total. The number of aliphatic hydroxyl groups is 1. The van der Waals surface area contributed by atoms with E-state index in [1.54, 1.807) is 39.8 Å². The summed E-state index contributed by atoms with van der Waals surface area (Å²) in [4.78, 5) is 13.1. The lowest BCUT2D eigenvalue weighted by Gasteiger charge is -2.40. The minimum atomic E-state index is -1.03. The Balaban J connectivity index is 2.22. The topological polar surface area (TPSA) is 46.5 Å². The van der Waals surface area contributed by atoms with Crippen LogP contribution in [-0.2, 0) is 9.53 Å². The number of rotatable bonds is 2. The van der Waals surface area contributed by atoms with E-state index in [1.807, 2.05) is 31.2 Å². The highest BCUT2D eigenvalue weighted by atomic mass is 35.5. The van der Waals surface area contributed by atoms with Crippen molar-refractivity contribution in [1.82, 2.24) is 0 Å². The number of hydrogen-bond acceptors (Lipinski definition) is 3. The van der Waals surface area contributed by atoms with Crippen LogP contribution >= 0.6 is 23.2 Å². The summed E-state index contributed by atoms with van der Waals surface area (Å²) in [5, 5.41) is 11.8. The van der Waals surface area contributed by atoms with E-state index < -0.39 is 11.2 Å². The number of aryl methyl sites for hydroxylation is 1. The van der Waals surface area contributed by atoms with Gasteiger partial charge in [0.05, 0.1) is 15.6 Å². The van der Waals surface area contributed by atoms with Gasteiger partial charge < -0.3 is 9.84 Å². The third kappa shape index (κ3) is 3.52. The fourth-order valence-corrected chi connectivity index (χ4v) is 3.74. The zero-order chi connectivity index (χ0) is 20.1. The lowest BCUT2D eigenvalue weighted by atomic mass is 9.81. The highest BCUT2D eigenvalue weighted by Gasteiger charge is 2.47. The highest BCUT2D eigenvalue weighted by Crippen LogP contribution is 2.41. The van der Waals surface area contributed by atoms with Crippen LogP contribution in [0.3, 0.4) is 0 Å². The fraction of sp³-hybridized carbons (Fsp3) is 0.318. The van der Waals surface area contributed by atoms with Gasteiger partial charge in [0, 0.05) is 0 Å². The lowest BCUT2D eigenvalue weighted by molar-refractivity contribution is -0.158. The molecule has 2 aromatic carbocycles. The van der Waals surface area contributed by atoms with Crippen LogP contribution in [0, 0.1) is 6.92 Å². The van der Waals surface area contributed by atoms with Crippen molar-refractivity contribution >= 4 is 34.6 Å². The van der Waals surface area contributed by atoms with E-state index in [4.69, 9.17) is 27.9 Å². The predicted molar refractivity (Wildman–Crippen MR) is 110 cm³/mol. The minimum Gasteiger partial charge on any atom is -0.508 e. The van der Waals surface area contributed by atoms with Crippen LogP contribution in [0.4, 0.5) is 0 Å². The maximum absolute atomic E-state index is 13.1. The molecule has 0 unspecified atom stereocenters. The summed E-state index contributed by atoms with van der Waals surface area (Å²) in [6.07, 6.45) is 0. The van der Waals surface area contributed by atoms with Crippen molar-refractivity contribution in [3.63, 3.8) is 0 Å².